The van der Waals surface area contributed by atoms with Crippen molar-refractivity contribution >= 4 is 22.8 Å². The maximum atomic E-state index is 13.3. The molecule has 32 heavy (non-hydrogen) atoms. The number of hydrogen-bond donors (Lipinski definition) is 2. The van der Waals surface area contributed by atoms with Gasteiger partial charge in [-0.3, -0.25) is 0 Å². The van der Waals surface area contributed by atoms with Crippen LogP contribution in [0, 0.1) is 11.6 Å². The van der Waals surface area contributed by atoms with E-state index in [1.54, 1.807) is 24.3 Å². The molecule has 1 fully saturated rings. The number of halogens is 2. The van der Waals surface area contributed by atoms with Crippen LogP contribution in [0.15, 0.2) is 60.7 Å². The Kier molecular flexibility index (Phi) is 5.60. The molecule has 1 saturated heterocycles. The minimum Gasteiger partial charge on any atom is -0.379 e. The molecule has 0 saturated carbocycles. The summed E-state index contributed by atoms with van der Waals surface area (Å²) >= 11 is 0. The maximum absolute atomic E-state index is 13.3. The lowest BCUT2D eigenvalue weighted by atomic mass is 10.1. The van der Waals surface area contributed by atoms with Crippen LogP contribution in [0.4, 0.5) is 20.5 Å². The van der Waals surface area contributed by atoms with E-state index in [1.807, 2.05) is 12.1 Å². The first-order valence-electron chi connectivity index (χ1n) is 10.4. The van der Waals surface area contributed by atoms with Crippen LogP contribution >= 0.6 is 0 Å². The Morgan fingerprint density at radius 1 is 0.875 bits per heavy atom. The van der Waals surface area contributed by atoms with Gasteiger partial charge in [0.1, 0.15) is 17.2 Å². The van der Waals surface area contributed by atoms with Crippen LogP contribution in [-0.2, 0) is 11.3 Å². The average Bonchev–Trinajstić information content (AvgIpc) is 3.32. The molecule has 1 aliphatic rings. The number of pyridine rings is 1. The second-order valence-electron chi connectivity index (χ2n) is 7.65. The third-order valence-electron chi connectivity index (χ3n) is 5.32. The van der Waals surface area contributed by atoms with Gasteiger partial charge in [0.15, 0.2) is 5.82 Å². The van der Waals surface area contributed by atoms with Crippen LogP contribution in [0.1, 0.15) is 12.0 Å². The molecule has 2 aromatic heterocycles. The molecule has 0 spiro atoms. The van der Waals surface area contributed by atoms with E-state index < -0.39 is 0 Å². The van der Waals surface area contributed by atoms with Crippen LogP contribution in [-0.4, -0.2) is 34.2 Å². The maximum Gasteiger partial charge on any atom is 0.225 e. The summed E-state index contributed by atoms with van der Waals surface area (Å²) in [6.45, 7) is 1.75. The molecule has 1 atom stereocenters. The summed E-state index contributed by atoms with van der Waals surface area (Å²) in [6.07, 6.45) is 0.876. The predicted molar refractivity (Wildman–Crippen MR) is 119 cm³/mol. The summed E-state index contributed by atoms with van der Waals surface area (Å²) in [5, 5.41) is 6.63. The number of ether oxygens (including phenoxy) is 1. The predicted octanol–water partition coefficient (Wildman–Crippen LogP) is 4.78. The highest BCUT2D eigenvalue weighted by atomic mass is 19.1. The summed E-state index contributed by atoms with van der Waals surface area (Å²) < 4.78 is 32.0. The van der Waals surface area contributed by atoms with Crippen LogP contribution in [0.2, 0.25) is 0 Å². The Hall–Kier alpha value is -3.65. The molecular formula is C24H21F2N5O. The number of nitrogens with one attached hydrogen (secondary N) is 2. The molecule has 3 heterocycles. The first-order valence-corrected chi connectivity index (χ1v) is 10.4. The highest BCUT2D eigenvalue weighted by Crippen LogP contribution is 2.26. The Bertz CT molecular complexity index is 1230. The van der Waals surface area contributed by atoms with Crippen molar-refractivity contribution < 1.29 is 13.5 Å². The number of benzene rings is 2. The van der Waals surface area contributed by atoms with Crippen molar-refractivity contribution in [2.75, 3.05) is 23.8 Å². The summed E-state index contributed by atoms with van der Waals surface area (Å²) in [5.41, 5.74) is 3.74. The molecule has 8 heteroatoms. The summed E-state index contributed by atoms with van der Waals surface area (Å²) in [5.74, 6) is 0.484. The van der Waals surface area contributed by atoms with Gasteiger partial charge >= 0.3 is 0 Å². The first-order chi connectivity index (χ1) is 15.6. The summed E-state index contributed by atoms with van der Waals surface area (Å²) in [7, 11) is 0. The topological polar surface area (TPSA) is 72.0 Å². The van der Waals surface area contributed by atoms with E-state index >= 15 is 0 Å². The summed E-state index contributed by atoms with van der Waals surface area (Å²) in [4.78, 5) is 14.0. The monoisotopic (exact) mass is 433 g/mol. The van der Waals surface area contributed by atoms with Gasteiger partial charge < -0.3 is 15.4 Å². The summed E-state index contributed by atoms with van der Waals surface area (Å²) in [6, 6.07) is 16.4. The number of hydrogen-bond acceptors (Lipinski definition) is 6. The van der Waals surface area contributed by atoms with Crippen molar-refractivity contribution in [1.29, 1.82) is 0 Å². The Balaban J connectivity index is 1.49. The SMILES string of the molecule is Fc1ccc(CNc2nc(N[C@@H]3CCOC3)c3nc(-c4ccc(F)cc4)ccc3n2)cc1. The average molecular weight is 433 g/mol. The van der Waals surface area contributed by atoms with Crippen molar-refractivity contribution in [1.82, 2.24) is 15.0 Å². The van der Waals surface area contributed by atoms with Crippen LogP contribution in [0.5, 0.6) is 0 Å². The minimum absolute atomic E-state index is 0.134. The lowest BCUT2D eigenvalue weighted by Gasteiger charge is -2.15. The standard InChI is InChI=1S/C24H21F2N5O/c25-17-5-1-15(2-6-17)13-27-24-30-21-10-9-20(16-3-7-18(26)8-4-16)29-22(21)23(31-24)28-19-11-12-32-14-19/h1-10,19H,11-14H2,(H2,27,28,30,31)/t19-/m1/s1. The highest BCUT2D eigenvalue weighted by Gasteiger charge is 2.19. The van der Waals surface area contributed by atoms with Gasteiger partial charge in [0, 0.05) is 18.7 Å². The fourth-order valence-electron chi connectivity index (χ4n) is 3.60. The van der Waals surface area contributed by atoms with Crippen LogP contribution < -0.4 is 10.6 Å². The quantitative estimate of drug-likeness (QED) is 0.456. The molecule has 0 unspecified atom stereocenters. The Labute approximate surface area is 183 Å². The van der Waals surface area contributed by atoms with E-state index in [1.165, 1.54) is 24.3 Å². The van der Waals surface area contributed by atoms with Gasteiger partial charge in [0.25, 0.3) is 0 Å². The molecule has 2 aromatic carbocycles. The van der Waals surface area contributed by atoms with E-state index in [9.17, 15) is 8.78 Å². The van der Waals surface area contributed by atoms with Crippen molar-refractivity contribution in [3.05, 3.63) is 77.9 Å². The molecular weight excluding hydrogens is 412 g/mol. The normalized spacial score (nSPS) is 15.8. The van der Waals surface area contributed by atoms with Gasteiger partial charge in [0.05, 0.1) is 23.9 Å². The van der Waals surface area contributed by atoms with E-state index in [4.69, 9.17) is 9.72 Å². The largest absolute Gasteiger partial charge is 0.379 e. The van der Waals surface area contributed by atoms with Gasteiger partial charge in [-0.05, 0) is 60.5 Å². The van der Waals surface area contributed by atoms with Crippen LogP contribution in [0.25, 0.3) is 22.3 Å². The number of nitrogens with zero attached hydrogens (tertiary/aromatic N) is 3. The van der Waals surface area contributed by atoms with Gasteiger partial charge in [-0.25, -0.2) is 18.7 Å². The van der Waals surface area contributed by atoms with E-state index in [0.717, 1.165) is 17.5 Å². The molecule has 6 nitrogen and oxygen atoms in total. The lowest BCUT2D eigenvalue weighted by molar-refractivity contribution is 0.195. The second kappa shape index (κ2) is 8.84. The number of rotatable bonds is 6. The Morgan fingerprint density at radius 2 is 1.62 bits per heavy atom. The number of anilines is 2. The van der Waals surface area contributed by atoms with Crippen molar-refractivity contribution in [2.24, 2.45) is 0 Å². The first kappa shape index (κ1) is 20.3. The molecule has 2 N–H and O–H groups in total. The second-order valence-corrected chi connectivity index (χ2v) is 7.65. The zero-order valence-corrected chi connectivity index (χ0v) is 17.2. The van der Waals surface area contributed by atoms with Crippen molar-refractivity contribution in [3.63, 3.8) is 0 Å². The molecule has 162 valence electrons. The highest BCUT2D eigenvalue weighted by molar-refractivity contribution is 5.88. The fraction of sp³-hybridized carbons (Fsp3) is 0.208. The van der Waals surface area contributed by atoms with Gasteiger partial charge in [-0.1, -0.05) is 12.1 Å². The smallest absolute Gasteiger partial charge is 0.225 e. The van der Waals surface area contributed by atoms with E-state index in [0.29, 0.717) is 48.3 Å². The van der Waals surface area contributed by atoms with Gasteiger partial charge in [0.2, 0.25) is 5.95 Å². The van der Waals surface area contributed by atoms with Gasteiger partial charge in [-0.15, -0.1) is 0 Å². The third kappa shape index (κ3) is 4.50. The zero-order valence-electron chi connectivity index (χ0n) is 17.2. The van der Waals surface area contributed by atoms with Gasteiger partial charge in [-0.2, -0.15) is 4.98 Å². The third-order valence-corrected chi connectivity index (χ3v) is 5.32. The Morgan fingerprint density at radius 3 is 2.34 bits per heavy atom. The molecule has 0 radical (unpaired) electrons. The lowest BCUT2D eigenvalue weighted by Crippen LogP contribution is -2.20. The molecule has 4 aromatic rings. The fourth-order valence-corrected chi connectivity index (χ4v) is 3.60. The molecule has 0 amide bonds. The molecule has 5 rings (SSSR count). The van der Waals surface area contributed by atoms with Crippen LogP contribution in [0.3, 0.4) is 0 Å². The molecule has 1 aliphatic heterocycles. The van der Waals surface area contributed by atoms with Crippen molar-refractivity contribution in [2.45, 2.75) is 19.0 Å². The van der Waals surface area contributed by atoms with E-state index in [2.05, 4.69) is 20.6 Å². The number of fused-ring (bicyclic) bond motifs is 1. The zero-order chi connectivity index (χ0) is 21.9. The van der Waals surface area contributed by atoms with Crippen molar-refractivity contribution in [3.8, 4) is 11.3 Å². The van der Waals surface area contributed by atoms with E-state index in [-0.39, 0.29) is 17.7 Å². The number of aromatic nitrogens is 3. The minimum atomic E-state index is -0.293. The molecule has 0 aliphatic carbocycles. The molecule has 0 bridgehead atoms.